The minimum absolute atomic E-state index is 0.391. The molecular weight excluding hydrogens is 226 g/mol. The van der Waals surface area contributed by atoms with Crippen LogP contribution in [0.15, 0.2) is 12.3 Å². The zero-order valence-corrected chi connectivity index (χ0v) is 11.6. The lowest BCUT2D eigenvalue weighted by molar-refractivity contribution is 0.173. The lowest BCUT2D eigenvalue weighted by atomic mass is 10.1. The predicted octanol–water partition coefficient (Wildman–Crippen LogP) is 1.59. The highest BCUT2D eigenvalue weighted by molar-refractivity contribution is 5.48. The number of aliphatic hydroxyl groups is 1. The quantitative estimate of drug-likeness (QED) is 0.883. The zero-order chi connectivity index (χ0) is 13.1. The second kappa shape index (κ2) is 5.67. The highest BCUT2D eigenvalue weighted by atomic mass is 16.3. The van der Waals surface area contributed by atoms with Crippen molar-refractivity contribution in [2.24, 2.45) is 0 Å². The molecule has 0 bridgehead atoms. The topological polar surface area (TPSA) is 39.6 Å². The van der Waals surface area contributed by atoms with Crippen molar-refractivity contribution in [2.45, 2.75) is 26.4 Å². The number of likely N-dealkylation sites (N-methyl/N-ethyl adjacent to an activating group) is 1. The Morgan fingerprint density at radius 1 is 1.33 bits per heavy atom. The predicted molar refractivity (Wildman–Crippen MR) is 73.9 cm³/mol. The number of hydrogen-bond acceptors (Lipinski definition) is 4. The number of anilines is 1. The van der Waals surface area contributed by atoms with Gasteiger partial charge in [-0.15, -0.1) is 0 Å². The number of rotatable bonds is 3. The molecule has 2 rings (SSSR count). The Kier molecular flexibility index (Phi) is 4.19. The average Bonchev–Trinajstić information content (AvgIpc) is 2.39. The SMILES string of the molecule is CC[C@H](O)c1cnc(N2CCN(C)CC2)c(C)c1. The van der Waals surface area contributed by atoms with Crippen LogP contribution in [0.25, 0.3) is 0 Å². The van der Waals surface area contributed by atoms with Gasteiger partial charge in [0.15, 0.2) is 0 Å². The van der Waals surface area contributed by atoms with Crippen molar-refractivity contribution >= 4 is 5.82 Å². The van der Waals surface area contributed by atoms with E-state index in [1.165, 1.54) is 0 Å². The van der Waals surface area contributed by atoms with Crippen LogP contribution in [0, 0.1) is 6.92 Å². The van der Waals surface area contributed by atoms with Crippen LogP contribution < -0.4 is 4.90 Å². The van der Waals surface area contributed by atoms with Gasteiger partial charge in [-0.1, -0.05) is 6.92 Å². The lowest BCUT2D eigenvalue weighted by Crippen LogP contribution is -2.45. The van der Waals surface area contributed by atoms with Gasteiger partial charge >= 0.3 is 0 Å². The number of aromatic nitrogens is 1. The van der Waals surface area contributed by atoms with Gasteiger partial charge in [0.25, 0.3) is 0 Å². The molecule has 4 heteroatoms. The van der Waals surface area contributed by atoms with Crippen molar-refractivity contribution in [3.05, 3.63) is 23.4 Å². The summed E-state index contributed by atoms with van der Waals surface area (Å²) in [5.41, 5.74) is 2.08. The van der Waals surface area contributed by atoms with Gasteiger partial charge < -0.3 is 14.9 Å². The molecule has 100 valence electrons. The van der Waals surface area contributed by atoms with Gasteiger partial charge in [0.05, 0.1) is 6.10 Å². The van der Waals surface area contributed by atoms with E-state index in [0.29, 0.717) is 0 Å². The summed E-state index contributed by atoms with van der Waals surface area (Å²) in [6.45, 7) is 8.28. The molecule has 1 atom stereocenters. The molecular formula is C14H23N3O. The van der Waals surface area contributed by atoms with Gasteiger partial charge in [0.2, 0.25) is 0 Å². The molecule has 1 aromatic heterocycles. The number of nitrogens with zero attached hydrogens (tertiary/aromatic N) is 3. The summed E-state index contributed by atoms with van der Waals surface area (Å²) in [5.74, 6) is 1.06. The molecule has 4 nitrogen and oxygen atoms in total. The first-order valence-corrected chi connectivity index (χ1v) is 6.70. The maximum atomic E-state index is 9.83. The Balaban J connectivity index is 2.14. The highest BCUT2D eigenvalue weighted by Gasteiger charge is 2.17. The van der Waals surface area contributed by atoms with E-state index >= 15 is 0 Å². The van der Waals surface area contributed by atoms with Gasteiger partial charge in [0, 0.05) is 32.4 Å². The first-order chi connectivity index (χ1) is 8.61. The van der Waals surface area contributed by atoms with Crippen molar-refractivity contribution in [1.29, 1.82) is 0 Å². The van der Waals surface area contributed by atoms with Crippen molar-refractivity contribution in [1.82, 2.24) is 9.88 Å². The lowest BCUT2D eigenvalue weighted by Gasteiger charge is -2.34. The molecule has 0 saturated carbocycles. The fourth-order valence-corrected chi connectivity index (χ4v) is 2.36. The summed E-state index contributed by atoms with van der Waals surface area (Å²) >= 11 is 0. The van der Waals surface area contributed by atoms with Gasteiger partial charge in [-0.2, -0.15) is 0 Å². The molecule has 0 spiro atoms. The second-order valence-electron chi connectivity index (χ2n) is 5.12. The molecule has 18 heavy (non-hydrogen) atoms. The van der Waals surface area contributed by atoms with E-state index in [9.17, 15) is 5.11 Å². The Labute approximate surface area is 109 Å². The van der Waals surface area contributed by atoms with E-state index in [-0.39, 0.29) is 0 Å². The van der Waals surface area contributed by atoms with E-state index < -0.39 is 6.10 Å². The largest absolute Gasteiger partial charge is 0.388 e. The molecule has 1 saturated heterocycles. The van der Waals surface area contributed by atoms with E-state index in [1.807, 2.05) is 13.1 Å². The third-order valence-corrected chi connectivity index (χ3v) is 3.65. The number of aliphatic hydroxyl groups excluding tert-OH is 1. The fourth-order valence-electron chi connectivity index (χ4n) is 2.36. The third kappa shape index (κ3) is 2.82. The molecule has 0 aromatic carbocycles. The fraction of sp³-hybridized carbons (Fsp3) is 0.643. The molecule has 1 fully saturated rings. The Morgan fingerprint density at radius 2 is 2.00 bits per heavy atom. The third-order valence-electron chi connectivity index (χ3n) is 3.65. The van der Waals surface area contributed by atoms with Crippen LogP contribution in [-0.2, 0) is 0 Å². The standard InChI is InChI=1S/C14H23N3O/c1-4-13(18)12-9-11(2)14(15-10-12)17-7-5-16(3)6-8-17/h9-10,13,18H,4-8H2,1-3H3/t13-/m0/s1. The summed E-state index contributed by atoms with van der Waals surface area (Å²) in [6, 6.07) is 2.06. The normalized spacial score (nSPS) is 19.0. The van der Waals surface area contributed by atoms with Crippen molar-refractivity contribution in [3.8, 4) is 0 Å². The summed E-state index contributed by atoms with van der Waals surface area (Å²) < 4.78 is 0. The van der Waals surface area contributed by atoms with E-state index in [1.54, 1.807) is 0 Å². The van der Waals surface area contributed by atoms with Gasteiger partial charge in [-0.3, -0.25) is 0 Å². The molecule has 1 N–H and O–H groups in total. The Hall–Kier alpha value is -1.13. The molecule has 0 aliphatic carbocycles. The van der Waals surface area contributed by atoms with Crippen molar-refractivity contribution in [3.63, 3.8) is 0 Å². The molecule has 1 aliphatic heterocycles. The van der Waals surface area contributed by atoms with Crippen molar-refractivity contribution in [2.75, 3.05) is 38.1 Å². The first kappa shape index (κ1) is 13.3. The Morgan fingerprint density at radius 3 is 2.56 bits per heavy atom. The molecule has 1 aromatic rings. The smallest absolute Gasteiger partial charge is 0.131 e. The zero-order valence-electron chi connectivity index (χ0n) is 11.6. The molecule has 1 aliphatic rings. The van der Waals surface area contributed by atoms with Crippen LogP contribution in [0.4, 0.5) is 5.82 Å². The van der Waals surface area contributed by atoms with Crippen molar-refractivity contribution < 1.29 is 5.11 Å². The molecule has 0 radical (unpaired) electrons. The number of aryl methyl sites for hydroxylation is 1. The van der Waals surface area contributed by atoms with E-state index in [4.69, 9.17) is 0 Å². The number of piperazine rings is 1. The second-order valence-corrected chi connectivity index (χ2v) is 5.12. The molecule has 2 heterocycles. The van der Waals surface area contributed by atoms with Crippen LogP contribution >= 0.6 is 0 Å². The summed E-state index contributed by atoms with van der Waals surface area (Å²) in [5, 5.41) is 9.83. The molecule has 0 unspecified atom stereocenters. The van der Waals surface area contributed by atoms with Crippen LogP contribution in [0.5, 0.6) is 0 Å². The van der Waals surface area contributed by atoms with E-state index in [0.717, 1.165) is 49.5 Å². The van der Waals surface area contributed by atoms with Crippen LogP contribution in [0.2, 0.25) is 0 Å². The number of hydrogen-bond donors (Lipinski definition) is 1. The maximum Gasteiger partial charge on any atom is 0.131 e. The summed E-state index contributed by atoms with van der Waals surface area (Å²) in [7, 11) is 2.15. The monoisotopic (exact) mass is 249 g/mol. The minimum atomic E-state index is -0.391. The van der Waals surface area contributed by atoms with Gasteiger partial charge in [0.1, 0.15) is 5.82 Å². The van der Waals surface area contributed by atoms with Gasteiger partial charge in [-0.05, 0) is 37.6 Å². The van der Waals surface area contributed by atoms with Gasteiger partial charge in [-0.25, -0.2) is 4.98 Å². The first-order valence-electron chi connectivity index (χ1n) is 6.70. The summed E-state index contributed by atoms with van der Waals surface area (Å²) in [6.07, 6.45) is 2.15. The van der Waals surface area contributed by atoms with Crippen LogP contribution in [0.1, 0.15) is 30.6 Å². The molecule has 0 amide bonds. The van der Waals surface area contributed by atoms with Crippen LogP contribution in [-0.4, -0.2) is 48.2 Å². The maximum absolute atomic E-state index is 9.83. The number of pyridine rings is 1. The Bertz CT molecular complexity index is 400. The van der Waals surface area contributed by atoms with Crippen LogP contribution in [0.3, 0.4) is 0 Å². The summed E-state index contributed by atoms with van der Waals surface area (Å²) in [4.78, 5) is 9.21. The van der Waals surface area contributed by atoms with E-state index in [2.05, 4.69) is 34.8 Å². The minimum Gasteiger partial charge on any atom is -0.388 e. The highest BCUT2D eigenvalue weighted by Crippen LogP contribution is 2.23. The average molecular weight is 249 g/mol.